The molecule has 180 valence electrons. The zero-order valence-corrected chi connectivity index (χ0v) is 19.4. The van der Waals surface area contributed by atoms with E-state index in [1.165, 1.54) is 4.90 Å². The predicted molar refractivity (Wildman–Crippen MR) is 125 cm³/mol. The van der Waals surface area contributed by atoms with E-state index in [9.17, 15) is 19.5 Å². The second kappa shape index (κ2) is 10.3. The lowest BCUT2D eigenvalue weighted by Gasteiger charge is -2.29. The summed E-state index contributed by atoms with van der Waals surface area (Å²) in [7, 11) is 0. The Morgan fingerprint density at radius 1 is 1.09 bits per heavy atom. The lowest BCUT2D eigenvalue weighted by atomic mass is 9.98. The van der Waals surface area contributed by atoms with Crippen molar-refractivity contribution in [3.63, 3.8) is 0 Å². The fourth-order valence-electron chi connectivity index (χ4n) is 4.64. The van der Waals surface area contributed by atoms with E-state index in [1.807, 2.05) is 50.2 Å². The van der Waals surface area contributed by atoms with Crippen LogP contribution < -0.4 is 5.32 Å². The number of aliphatic carboxylic acids is 1. The average Bonchev–Trinajstić information content (AvgIpc) is 2.96. The molecular formula is C26H30N2O6. The molecule has 2 aromatic rings. The average molecular weight is 467 g/mol. The summed E-state index contributed by atoms with van der Waals surface area (Å²) in [6.45, 7) is 4.45. The summed E-state index contributed by atoms with van der Waals surface area (Å²) in [6, 6.07) is 15.3. The van der Waals surface area contributed by atoms with Gasteiger partial charge < -0.3 is 24.8 Å². The van der Waals surface area contributed by atoms with Gasteiger partial charge >= 0.3 is 12.1 Å². The number of carbonyl (C=O) groups excluding carboxylic acids is 2. The number of hydrogen-bond donors (Lipinski definition) is 2. The van der Waals surface area contributed by atoms with Crippen molar-refractivity contribution >= 4 is 18.0 Å². The monoisotopic (exact) mass is 466 g/mol. The van der Waals surface area contributed by atoms with Crippen LogP contribution in [0.25, 0.3) is 11.1 Å². The number of nitrogens with one attached hydrogen (secondary N) is 1. The molecule has 0 radical (unpaired) electrons. The minimum atomic E-state index is -1.01. The van der Waals surface area contributed by atoms with Gasteiger partial charge in [-0.3, -0.25) is 9.59 Å². The van der Waals surface area contributed by atoms with Gasteiger partial charge in [0.1, 0.15) is 12.6 Å². The molecule has 0 saturated carbocycles. The first-order chi connectivity index (χ1) is 16.4. The highest BCUT2D eigenvalue weighted by molar-refractivity contribution is 5.86. The topological polar surface area (TPSA) is 105 Å². The molecule has 2 aliphatic rings. The second-order valence-corrected chi connectivity index (χ2v) is 9.09. The minimum Gasteiger partial charge on any atom is -0.481 e. The minimum absolute atomic E-state index is 0.0454. The predicted octanol–water partition coefficient (Wildman–Crippen LogP) is 3.11. The molecule has 0 aromatic heterocycles. The van der Waals surface area contributed by atoms with Crippen LogP contribution in [0, 0.1) is 11.8 Å². The third-order valence-corrected chi connectivity index (χ3v) is 6.48. The molecule has 4 rings (SSSR count). The van der Waals surface area contributed by atoms with Gasteiger partial charge in [0.2, 0.25) is 5.91 Å². The molecule has 1 saturated heterocycles. The number of rotatable bonds is 6. The largest absolute Gasteiger partial charge is 0.481 e. The molecule has 1 heterocycles. The van der Waals surface area contributed by atoms with Crippen LogP contribution in [0.3, 0.4) is 0 Å². The van der Waals surface area contributed by atoms with Gasteiger partial charge in [-0.05, 0) is 28.2 Å². The van der Waals surface area contributed by atoms with Crippen molar-refractivity contribution in [2.75, 3.05) is 32.9 Å². The molecule has 8 nitrogen and oxygen atoms in total. The Morgan fingerprint density at radius 3 is 2.29 bits per heavy atom. The van der Waals surface area contributed by atoms with Crippen LogP contribution in [-0.4, -0.2) is 66.9 Å². The van der Waals surface area contributed by atoms with Crippen molar-refractivity contribution in [3.8, 4) is 11.1 Å². The van der Waals surface area contributed by atoms with Gasteiger partial charge in [0.05, 0.1) is 19.1 Å². The Morgan fingerprint density at radius 2 is 1.71 bits per heavy atom. The summed E-state index contributed by atoms with van der Waals surface area (Å²) in [5.41, 5.74) is 4.49. The summed E-state index contributed by atoms with van der Waals surface area (Å²) in [5, 5.41) is 12.1. The Balaban J connectivity index is 1.42. The maximum Gasteiger partial charge on any atom is 0.407 e. The summed E-state index contributed by atoms with van der Waals surface area (Å²) in [4.78, 5) is 38.8. The van der Waals surface area contributed by atoms with Gasteiger partial charge in [0.15, 0.2) is 0 Å². The Bertz CT molecular complexity index is 1020. The molecule has 2 amide bonds. The Hall–Kier alpha value is -3.39. The smallest absolute Gasteiger partial charge is 0.407 e. The number of amides is 2. The van der Waals surface area contributed by atoms with Crippen LogP contribution in [0.15, 0.2) is 48.5 Å². The number of benzene rings is 2. The Labute approximate surface area is 198 Å². The zero-order chi connectivity index (χ0) is 24.2. The standard InChI is InChI=1S/C26H30N2O6/c1-16(2)23(24(29)28-11-12-33-14-17(13-28)25(30)31)27-26(32)34-15-22-20-9-5-3-7-18(20)19-8-4-6-10-21(19)22/h3-10,16-17,22-23H,11-15H2,1-2H3,(H,27,32)(H,30,31)/t17?,23-/m1/s1. The van der Waals surface area contributed by atoms with Crippen LogP contribution >= 0.6 is 0 Å². The molecule has 0 bridgehead atoms. The van der Waals surface area contributed by atoms with Crippen molar-refractivity contribution in [2.24, 2.45) is 11.8 Å². The lowest BCUT2D eigenvalue weighted by Crippen LogP contribution is -2.53. The number of nitrogens with zero attached hydrogens (tertiary/aromatic N) is 1. The Kier molecular flexibility index (Phi) is 7.17. The SMILES string of the molecule is CC(C)[C@@H](NC(=O)OCC1c2ccccc2-c2ccccc21)C(=O)N1CCOCC(C(=O)O)C1. The maximum atomic E-state index is 13.2. The first-order valence-electron chi connectivity index (χ1n) is 11.6. The molecule has 1 unspecified atom stereocenters. The quantitative estimate of drug-likeness (QED) is 0.678. The van der Waals surface area contributed by atoms with Crippen LogP contribution in [-0.2, 0) is 19.1 Å². The first-order valence-corrected chi connectivity index (χ1v) is 11.6. The molecular weight excluding hydrogens is 436 g/mol. The molecule has 34 heavy (non-hydrogen) atoms. The van der Waals surface area contributed by atoms with E-state index in [0.717, 1.165) is 22.3 Å². The van der Waals surface area contributed by atoms with Crippen molar-refractivity contribution in [1.29, 1.82) is 0 Å². The summed E-state index contributed by atoms with van der Waals surface area (Å²) in [5.74, 6) is -2.43. The lowest BCUT2D eigenvalue weighted by molar-refractivity contribution is -0.144. The zero-order valence-electron chi connectivity index (χ0n) is 19.4. The number of hydrogen-bond acceptors (Lipinski definition) is 5. The number of alkyl carbamates (subject to hydrolysis) is 1. The van der Waals surface area contributed by atoms with Crippen molar-refractivity contribution in [2.45, 2.75) is 25.8 Å². The first kappa shape index (κ1) is 23.8. The molecule has 2 aromatic carbocycles. The molecule has 2 N–H and O–H groups in total. The highest BCUT2D eigenvalue weighted by Gasteiger charge is 2.34. The van der Waals surface area contributed by atoms with Gasteiger partial charge in [-0.25, -0.2) is 4.79 Å². The highest BCUT2D eigenvalue weighted by Crippen LogP contribution is 2.44. The van der Waals surface area contributed by atoms with E-state index in [1.54, 1.807) is 0 Å². The maximum absolute atomic E-state index is 13.2. The van der Waals surface area contributed by atoms with Crippen molar-refractivity contribution in [3.05, 3.63) is 59.7 Å². The molecule has 1 aliphatic heterocycles. The van der Waals surface area contributed by atoms with Crippen LogP contribution in [0.1, 0.15) is 30.9 Å². The van der Waals surface area contributed by atoms with Gasteiger partial charge in [0, 0.05) is 19.0 Å². The van der Waals surface area contributed by atoms with Gasteiger partial charge in [-0.2, -0.15) is 0 Å². The van der Waals surface area contributed by atoms with E-state index < -0.39 is 24.0 Å². The number of carboxylic acid groups (broad SMARTS) is 1. The molecule has 0 spiro atoms. The second-order valence-electron chi connectivity index (χ2n) is 9.09. The van der Waals surface area contributed by atoms with Crippen molar-refractivity contribution in [1.82, 2.24) is 10.2 Å². The number of carbonyl (C=O) groups is 3. The highest BCUT2D eigenvalue weighted by atomic mass is 16.5. The van der Waals surface area contributed by atoms with E-state index >= 15 is 0 Å². The van der Waals surface area contributed by atoms with E-state index in [4.69, 9.17) is 9.47 Å². The summed E-state index contributed by atoms with van der Waals surface area (Å²) in [6.07, 6.45) is -0.672. The van der Waals surface area contributed by atoms with E-state index in [2.05, 4.69) is 17.4 Å². The van der Waals surface area contributed by atoms with Gasteiger partial charge in [0.25, 0.3) is 0 Å². The third-order valence-electron chi connectivity index (χ3n) is 6.48. The molecule has 1 aliphatic carbocycles. The fraction of sp³-hybridized carbons (Fsp3) is 0.423. The molecule has 8 heteroatoms. The van der Waals surface area contributed by atoms with Crippen LogP contribution in [0.5, 0.6) is 0 Å². The van der Waals surface area contributed by atoms with Crippen molar-refractivity contribution < 1.29 is 29.0 Å². The fourth-order valence-corrected chi connectivity index (χ4v) is 4.64. The molecule has 2 atom stereocenters. The summed E-state index contributed by atoms with van der Waals surface area (Å²) < 4.78 is 10.9. The van der Waals surface area contributed by atoms with E-state index in [-0.39, 0.29) is 50.7 Å². The van der Waals surface area contributed by atoms with Gasteiger partial charge in [-0.1, -0.05) is 62.4 Å². The third kappa shape index (κ3) is 4.92. The number of fused-ring (bicyclic) bond motifs is 3. The van der Waals surface area contributed by atoms with Gasteiger partial charge in [-0.15, -0.1) is 0 Å². The summed E-state index contributed by atoms with van der Waals surface area (Å²) >= 11 is 0. The normalized spacial score (nSPS) is 18.6. The van der Waals surface area contributed by atoms with E-state index in [0.29, 0.717) is 0 Å². The van der Waals surface area contributed by atoms with Crippen LogP contribution in [0.4, 0.5) is 4.79 Å². The number of ether oxygens (including phenoxy) is 2. The van der Waals surface area contributed by atoms with Crippen LogP contribution in [0.2, 0.25) is 0 Å². The molecule has 1 fully saturated rings. The number of carboxylic acids is 1.